The predicted octanol–water partition coefficient (Wildman–Crippen LogP) is 3.61. The summed E-state index contributed by atoms with van der Waals surface area (Å²) in [4.78, 5) is 14.9. The molecule has 1 heterocycles. The van der Waals surface area contributed by atoms with E-state index < -0.39 is 0 Å². The highest BCUT2D eigenvalue weighted by Crippen LogP contribution is 2.30. The zero-order valence-electron chi connectivity index (χ0n) is 12.8. The Labute approximate surface area is 116 Å². The van der Waals surface area contributed by atoms with Crippen LogP contribution in [0.3, 0.4) is 0 Å². The molecule has 0 spiro atoms. The highest BCUT2D eigenvalue weighted by atomic mass is 16.1. The number of nitrogens with zero attached hydrogens (tertiary/aromatic N) is 1. The van der Waals surface area contributed by atoms with Crippen LogP contribution in [0.5, 0.6) is 0 Å². The molecule has 1 fully saturated rings. The number of likely N-dealkylation sites (tertiary alicyclic amines) is 1. The summed E-state index contributed by atoms with van der Waals surface area (Å²) in [5.74, 6) is 0.251. The molecule has 19 heavy (non-hydrogen) atoms. The number of Topliss-reactive ketones (excluding diaryl/α,β-unsaturated/α-hetero) is 1. The third-order valence-corrected chi connectivity index (χ3v) is 4.43. The van der Waals surface area contributed by atoms with Crippen molar-refractivity contribution < 1.29 is 4.79 Å². The molecule has 1 aromatic rings. The monoisotopic (exact) mass is 259 g/mol. The predicted molar refractivity (Wildman–Crippen MR) is 79.7 cm³/mol. The summed E-state index contributed by atoms with van der Waals surface area (Å²) >= 11 is 0. The first-order chi connectivity index (χ1) is 8.80. The Hall–Kier alpha value is -1.15. The summed E-state index contributed by atoms with van der Waals surface area (Å²) < 4.78 is 0. The fraction of sp³-hybridized carbons (Fsp3) is 0.588. The number of aryl methyl sites for hydroxylation is 2. The van der Waals surface area contributed by atoms with Crippen molar-refractivity contribution in [2.45, 2.75) is 47.1 Å². The van der Waals surface area contributed by atoms with Gasteiger partial charge in [-0.3, -0.25) is 9.69 Å². The number of benzene rings is 1. The molecule has 0 amide bonds. The van der Waals surface area contributed by atoms with E-state index in [4.69, 9.17) is 0 Å². The van der Waals surface area contributed by atoms with Gasteiger partial charge in [0.2, 0.25) is 0 Å². The lowest BCUT2D eigenvalue weighted by molar-refractivity contribution is 0.0857. The van der Waals surface area contributed by atoms with Gasteiger partial charge in [-0.2, -0.15) is 0 Å². The average molecular weight is 259 g/mol. The zero-order valence-corrected chi connectivity index (χ0v) is 12.8. The van der Waals surface area contributed by atoms with Gasteiger partial charge in [-0.25, -0.2) is 0 Å². The van der Waals surface area contributed by atoms with Gasteiger partial charge in [0.15, 0.2) is 5.78 Å². The summed E-state index contributed by atoms with van der Waals surface area (Å²) in [6.07, 6.45) is 1.18. The molecule has 2 heteroatoms. The Morgan fingerprint density at radius 3 is 2.47 bits per heavy atom. The molecule has 0 saturated carbocycles. The lowest BCUT2D eigenvalue weighted by Gasteiger charge is -2.25. The van der Waals surface area contributed by atoms with Crippen LogP contribution in [0.25, 0.3) is 0 Å². The molecule has 1 unspecified atom stereocenters. The second-order valence-corrected chi connectivity index (χ2v) is 6.72. The maximum absolute atomic E-state index is 12.6. The van der Waals surface area contributed by atoms with E-state index in [0.717, 1.165) is 18.7 Å². The van der Waals surface area contributed by atoms with Gasteiger partial charge in [0.05, 0.1) is 6.04 Å². The molecule has 2 nitrogen and oxygen atoms in total. The molecule has 0 bridgehead atoms. The molecule has 1 aliphatic heterocycles. The van der Waals surface area contributed by atoms with Crippen molar-refractivity contribution in [3.8, 4) is 0 Å². The van der Waals surface area contributed by atoms with Crippen molar-refractivity contribution in [2.75, 3.05) is 13.1 Å². The second kappa shape index (κ2) is 5.09. The van der Waals surface area contributed by atoms with Crippen molar-refractivity contribution in [1.82, 2.24) is 4.90 Å². The van der Waals surface area contributed by atoms with Crippen molar-refractivity contribution >= 4 is 5.78 Å². The number of rotatable bonds is 3. The van der Waals surface area contributed by atoms with E-state index in [1.165, 1.54) is 17.5 Å². The van der Waals surface area contributed by atoms with Crippen LogP contribution in [0.4, 0.5) is 0 Å². The van der Waals surface area contributed by atoms with Gasteiger partial charge in [0, 0.05) is 12.1 Å². The summed E-state index contributed by atoms with van der Waals surface area (Å²) in [6, 6.07) is 6.02. The molecule has 1 atom stereocenters. The molecule has 104 valence electrons. The van der Waals surface area contributed by atoms with Crippen LogP contribution in [0.2, 0.25) is 0 Å². The van der Waals surface area contributed by atoms with Crippen molar-refractivity contribution in [1.29, 1.82) is 0 Å². The molecule has 0 N–H and O–H groups in total. The minimum atomic E-state index is -0.0103. The number of carbonyl (C=O) groups excluding carboxylic acids is 1. The van der Waals surface area contributed by atoms with Crippen molar-refractivity contribution in [2.24, 2.45) is 5.41 Å². The first-order valence-corrected chi connectivity index (χ1v) is 7.16. The van der Waals surface area contributed by atoms with Gasteiger partial charge >= 0.3 is 0 Å². The third-order valence-electron chi connectivity index (χ3n) is 4.43. The summed E-state index contributed by atoms with van der Waals surface area (Å²) in [6.45, 7) is 12.8. The van der Waals surface area contributed by atoms with Gasteiger partial charge in [0.1, 0.15) is 0 Å². The van der Waals surface area contributed by atoms with Gasteiger partial charge < -0.3 is 0 Å². The van der Waals surface area contributed by atoms with Gasteiger partial charge in [-0.1, -0.05) is 26.0 Å². The van der Waals surface area contributed by atoms with E-state index >= 15 is 0 Å². The van der Waals surface area contributed by atoms with E-state index in [9.17, 15) is 4.79 Å². The average Bonchev–Trinajstić information content (AvgIpc) is 2.71. The molecule has 1 aliphatic rings. The second-order valence-electron chi connectivity index (χ2n) is 6.72. The Balaban J connectivity index is 2.13. The first kappa shape index (κ1) is 14.3. The largest absolute Gasteiger partial charge is 0.293 e. The number of ketones is 1. The van der Waals surface area contributed by atoms with Crippen LogP contribution >= 0.6 is 0 Å². The van der Waals surface area contributed by atoms with Crippen molar-refractivity contribution in [3.05, 3.63) is 34.9 Å². The lowest BCUT2D eigenvalue weighted by atomic mass is 9.93. The van der Waals surface area contributed by atoms with E-state index in [1.54, 1.807) is 0 Å². The molecule has 1 saturated heterocycles. The SMILES string of the molecule is Cc1ccc(C(=O)C(C)N2CCC(C)(C)C2)cc1C. The Morgan fingerprint density at radius 2 is 1.95 bits per heavy atom. The molecule has 1 aromatic carbocycles. The topological polar surface area (TPSA) is 20.3 Å². The van der Waals surface area contributed by atoms with Gasteiger partial charge in [-0.05, 0) is 56.3 Å². The highest BCUT2D eigenvalue weighted by molar-refractivity contribution is 6.00. The Morgan fingerprint density at radius 1 is 1.26 bits per heavy atom. The first-order valence-electron chi connectivity index (χ1n) is 7.16. The van der Waals surface area contributed by atoms with Crippen molar-refractivity contribution in [3.63, 3.8) is 0 Å². The van der Waals surface area contributed by atoms with Crippen LogP contribution in [-0.4, -0.2) is 29.8 Å². The smallest absolute Gasteiger partial charge is 0.179 e. The summed E-state index contributed by atoms with van der Waals surface area (Å²) in [7, 11) is 0. The zero-order chi connectivity index (χ0) is 14.2. The minimum absolute atomic E-state index is 0.0103. The number of carbonyl (C=O) groups is 1. The van der Waals surface area contributed by atoms with Crippen LogP contribution < -0.4 is 0 Å². The van der Waals surface area contributed by atoms with E-state index in [1.807, 2.05) is 25.1 Å². The van der Waals surface area contributed by atoms with E-state index in [2.05, 4.69) is 32.6 Å². The molecule has 0 aromatic heterocycles. The number of hydrogen-bond acceptors (Lipinski definition) is 2. The Kier molecular flexibility index (Phi) is 3.82. The molecule has 2 rings (SSSR count). The maximum atomic E-state index is 12.6. The van der Waals surface area contributed by atoms with Crippen LogP contribution in [0, 0.1) is 19.3 Å². The van der Waals surface area contributed by atoms with E-state index in [0.29, 0.717) is 5.41 Å². The van der Waals surface area contributed by atoms with E-state index in [-0.39, 0.29) is 11.8 Å². The minimum Gasteiger partial charge on any atom is -0.293 e. The highest BCUT2D eigenvalue weighted by Gasteiger charge is 2.34. The van der Waals surface area contributed by atoms with Crippen LogP contribution in [-0.2, 0) is 0 Å². The standard InChI is InChI=1S/C17H25NO/c1-12-6-7-15(10-13(12)2)16(19)14(3)18-9-8-17(4,5)11-18/h6-7,10,14H,8-9,11H2,1-5H3. The fourth-order valence-corrected chi connectivity index (χ4v) is 2.79. The fourth-order valence-electron chi connectivity index (χ4n) is 2.79. The molecule has 0 radical (unpaired) electrons. The summed E-state index contributed by atoms with van der Waals surface area (Å²) in [5, 5.41) is 0. The third kappa shape index (κ3) is 3.06. The molecule has 0 aliphatic carbocycles. The van der Waals surface area contributed by atoms with Gasteiger partial charge in [-0.15, -0.1) is 0 Å². The maximum Gasteiger partial charge on any atom is 0.179 e. The summed E-state index contributed by atoms with van der Waals surface area (Å²) in [5.41, 5.74) is 3.63. The quantitative estimate of drug-likeness (QED) is 0.773. The van der Waals surface area contributed by atoms with Crippen LogP contribution in [0.1, 0.15) is 48.7 Å². The Bertz CT molecular complexity index is 490. The van der Waals surface area contributed by atoms with Gasteiger partial charge in [0.25, 0.3) is 0 Å². The normalized spacial score (nSPS) is 20.5. The van der Waals surface area contributed by atoms with Crippen LogP contribution in [0.15, 0.2) is 18.2 Å². The molecular formula is C17H25NO. The lowest BCUT2D eigenvalue weighted by Crippen LogP contribution is -2.38. The number of hydrogen-bond donors (Lipinski definition) is 0. The molecular weight excluding hydrogens is 234 g/mol.